The summed E-state index contributed by atoms with van der Waals surface area (Å²) in [5, 5.41) is 27.4. The number of aliphatic hydroxyl groups excluding tert-OH is 1. The van der Waals surface area contributed by atoms with Crippen LogP contribution >= 0.6 is 0 Å². The number of nitrogens with zero attached hydrogens (tertiary/aromatic N) is 3. The number of aromatic hydroxyl groups is 1. The Hall–Kier alpha value is -2.64. The van der Waals surface area contributed by atoms with Crippen molar-refractivity contribution in [2.75, 3.05) is 33.0 Å². The van der Waals surface area contributed by atoms with Crippen molar-refractivity contribution in [3.63, 3.8) is 0 Å². The average molecular weight is 495 g/mol. The van der Waals surface area contributed by atoms with Gasteiger partial charge in [0, 0.05) is 18.7 Å². The fourth-order valence-corrected chi connectivity index (χ4v) is 4.74. The van der Waals surface area contributed by atoms with Crippen molar-refractivity contribution in [3.05, 3.63) is 45.7 Å². The molecule has 0 amide bonds. The molecule has 3 rings (SSSR count). The summed E-state index contributed by atoms with van der Waals surface area (Å²) in [4.78, 5) is 12.9. The predicted octanol–water partition coefficient (Wildman–Crippen LogP) is 2.05. The zero-order valence-electron chi connectivity index (χ0n) is 19.2. The second-order valence-corrected chi connectivity index (χ2v) is 9.61. The van der Waals surface area contributed by atoms with Crippen molar-refractivity contribution in [2.45, 2.75) is 44.2 Å². The number of nitrogens with one attached hydrogen (secondary N) is 1. The lowest BCUT2D eigenvalue weighted by molar-refractivity contribution is 0.0853. The first kappa shape index (κ1) is 26.0. The summed E-state index contributed by atoms with van der Waals surface area (Å²) in [5.41, 5.74) is 0.334. The zero-order valence-corrected chi connectivity index (χ0v) is 20.0. The number of rotatable bonds is 11. The van der Waals surface area contributed by atoms with E-state index in [1.54, 1.807) is 26.0 Å². The van der Waals surface area contributed by atoms with Gasteiger partial charge in [-0.3, -0.25) is 9.36 Å². The summed E-state index contributed by atoms with van der Waals surface area (Å²) in [7, 11) is -3.89. The number of sulfonamides is 1. The van der Waals surface area contributed by atoms with Crippen molar-refractivity contribution >= 4 is 21.4 Å². The molecule has 0 radical (unpaired) electrons. The molecule has 1 aliphatic rings. The zero-order chi connectivity index (χ0) is 24.7. The maximum atomic E-state index is 13.0. The lowest BCUT2D eigenvalue weighted by atomic mass is 10.1. The molecule has 1 unspecified atom stereocenters. The van der Waals surface area contributed by atoms with Crippen LogP contribution in [0.1, 0.15) is 24.0 Å². The fourth-order valence-electron chi connectivity index (χ4n) is 3.54. The van der Waals surface area contributed by atoms with Gasteiger partial charge in [-0.15, -0.1) is 10.2 Å². The Kier molecular flexibility index (Phi) is 8.91. The average Bonchev–Trinajstić information content (AvgIpc) is 3.35. The van der Waals surface area contributed by atoms with Gasteiger partial charge in [0.05, 0.1) is 32.5 Å². The van der Waals surface area contributed by atoms with Gasteiger partial charge >= 0.3 is 0 Å². The van der Waals surface area contributed by atoms with Gasteiger partial charge in [0.25, 0.3) is 5.56 Å². The summed E-state index contributed by atoms with van der Waals surface area (Å²) in [6.07, 6.45) is 1.53. The molecule has 2 heterocycles. The molecule has 3 N–H and O–H groups in total. The molecule has 1 fully saturated rings. The molecule has 2 aromatic rings. The Labute approximate surface area is 198 Å². The van der Waals surface area contributed by atoms with Crippen LogP contribution in [0, 0.1) is 13.8 Å². The quantitative estimate of drug-likeness (QED) is 0.319. The molecular formula is C22H30N4O7S. The second-order valence-electron chi connectivity index (χ2n) is 7.87. The molecular weight excluding hydrogens is 464 g/mol. The van der Waals surface area contributed by atoms with Gasteiger partial charge in [0.15, 0.2) is 11.6 Å². The van der Waals surface area contributed by atoms with Gasteiger partial charge in [0.2, 0.25) is 10.0 Å². The number of hydrogen-bond donors (Lipinski definition) is 3. The molecule has 186 valence electrons. The number of aromatic nitrogens is 1. The van der Waals surface area contributed by atoms with Crippen LogP contribution in [-0.2, 0) is 26.0 Å². The second kappa shape index (κ2) is 11.7. The molecule has 1 atom stereocenters. The van der Waals surface area contributed by atoms with Crippen LogP contribution < -0.4 is 10.3 Å². The molecule has 0 aliphatic carbocycles. The van der Waals surface area contributed by atoms with Crippen LogP contribution in [0.5, 0.6) is 5.88 Å². The number of pyridine rings is 1. The predicted molar refractivity (Wildman–Crippen MR) is 125 cm³/mol. The Bertz CT molecular complexity index is 1190. The highest BCUT2D eigenvalue weighted by Crippen LogP contribution is 2.29. The van der Waals surface area contributed by atoms with Crippen LogP contribution in [0.4, 0.5) is 11.4 Å². The molecule has 0 saturated carbocycles. The SMILES string of the molecule is Cc1c(C)c(O)n(CCOCCO)c(=O)c1N=Nc1ccccc1S(=O)(=O)NCC1CCCO1. The molecule has 1 aromatic carbocycles. The minimum absolute atomic E-state index is 0.0167. The largest absolute Gasteiger partial charge is 0.494 e. The van der Waals surface area contributed by atoms with E-state index in [0.29, 0.717) is 17.7 Å². The topological polar surface area (TPSA) is 152 Å². The van der Waals surface area contributed by atoms with Gasteiger partial charge in [-0.2, -0.15) is 0 Å². The molecule has 0 bridgehead atoms. The van der Waals surface area contributed by atoms with E-state index in [9.17, 15) is 18.3 Å². The minimum atomic E-state index is -3.89. The molecule has 1 saturated heterocycles. The summed E-state index contributed by atoms with van der Waals surface area (Å²) < 4.78 is 40.1. The van der Waals surface area contributed by atoms with Gasteiger partial charge in [-0.25, -0.2) is 13.1 Å². The highest BCUT2D eigenvalue weighted by Gasteiger charge is 2.23. The molecule has 1 aromatic heterocycles. The van der Waals surface area contributed by atoms with E-state index in [-0.39, 0.29) is 61.2 Å². The van der Waals surface area contributed by atoms with E-state index in [1.807, 2.05) is 0 Å². The number of ether oxygens (including phenoxy) is 2. The summed E-state index contributed by atoms with van der Waals surface area (Å²) in [6.45, 7) is 4.15. The highest BCUT2D eigenvalue weighted by molar-refractivity contribution is 7.89. The number of aliphatic hydroxyl groups is 1. The van der Waals surface area contributed by atoms with E-state index >= 15 is 0 Å². The summed E-state index contributed by atoms with van der Waals surface area (Å²) in [5.74, 6) is -0.213. The lowest BCUT2D eigenvalue weighted by Crippen LogP contribution is -2.31. The third-order valence-electron chi connectivity index (χ3n) is 5.59. The first-order valence-electron chi connectivity index (χ1n) is 11.0. The fraction of sp³-hybridized carbons (Fsp3) is 0.500. The standard InChI is InChI=1S/C22H30N4O7S/c1-15-16(2)21(28)26(9-12-32-13-10-27)22(29)20(15)25-24-18-7-3-4-8-19(18)34(30,31)23-14-17-6-5-11-33-17/h3-4,7-8,17,23,27-28H,5-6,9-14H2,1-2H3. The highest BCUT2D eigenvalue weighted by atomic mass is 32.2. The maximum absolute atomic E-state index is 13.0. The van der Waals surface area contributed by atoms with Crippen LogP contribution in [0.2, 0.25) is 0 Å². The Morgan fingerprint density at radius 1 is 1.21 bits per heavy atom. The van der Waals surface area contributed by atoms with Crippen LogP contribution in [0.25, 0.3) is 0 Å². The normalized spacial score (nSPS) is 16.5. The maximum Gasteiger partial charge on any atom is 0.281 e. The first-order chi connectivity index (χ1) is 16.3. The van der Waals surface area contributed by atoms with Crippen molar-refractivity contribution in [1.82, 2.24) is 9.29 Å². The molecule has 34 heavy (non-hydrogen) atoms. The molecule has 1 aliphatic heterocycles. The third kappa shape index (κ3) is 6.07. The third-order valence-corrected chi connectivity index (χ3v) is 7.06. The van der Waals surface area contributed by atoms with Gasteiger partial charge in [-0.05, 0) is 44.4 Å². The summed E-state index contributed by atoms with van der Waals surface area (Å²) >= 11 is 0. The van der Waals surface area contributed by atoms with Crippen LogP contribution in [-0.4, -0.2) is 62.3 Å². The van der Waals surface area contributed by atoms with Crippen LogP contribution in [0.15, 0.2) is 44.2 Å². The van der Waals surface area contributed by atoms with Crippen molar-refractivity contribution < 1.29 is 28.1 Å². The smallest absolute Gasteiger partial charge is 0.281 e. The first-order valence-corrected chi connectivity index (χ1v) is 12.5. The minimum Gasteiger partial charge on any atom is -0.494 e. The number of azo groups is 1. The van der Waals surface area contributed by atoms with E-state index < -0.39 is 15.6 Å². The number of benzene rings is 1. The van der Waals surface area contributed by atoms with E-state index in [4.69, 9.17) is 14.6 Å². The summed E-state index contributed by atoms with van der Waals surface area (Å²) in [6, 6.07) is 6.11. The Balaban J connectivity index is 1.89. The van der Waals surface area contributed by atoms with Gasteiger partial charge in [-0.1, -0.05) is 12.1 Å². The Morgan fingerprint density at radius 2 is 1.97 bits per heavy atom. The van der Waals surface area contributed by atoms with Crippen LogP contribution in [0.3, 0.4) is 0 Å². The molecule has 0 spiro atoms. The Morgan fingerprint density at radius 3 is 2.68 bits per heavy atom. The van der Waals surface area contributed by atoms with Crippen molar-refractivity contribution in [3.8, 4) is 5.88 Å². The van der Waals surface area contributed by atoms with Crippen molar-refractivity contribution in [2.24, 2.45) is 10.2 Å². The van der Waals surface area contributed by atoms with Gasteiger partial charge in [0.1, 0.15) is 10.6 Å². The monoisotopic (exact) mass is 494 g/mol. The lowest BCUT2D eigenvalue weighted by Gasteiger charge is -2.14. The number of hydrogen-bond acceptors (Lipinski definition) is 9. The van der Waals surface area contributed by atoms with Crippen molar-refractivity contribution in [1.29, 1.82) is 0 Å². The van der Waals surface area contributed by atoms with E-state index in [2.05, 4.69) is 15.0 Å². The van der Waals surface area contributed by atoms with Gasteiger partial charge < -0.3 is 19.7 Å². The molecule has 11 nitrogen and oxygen atoms in total. The van der Waals surface area contributed by atoms with E-state index in [1.165, 1.54) is 12.1 Å². The van der Waals surface area contributed by atoms with E-state index in [0.717, 1.165) is 17.4 Å². The molecule has 12 heteroatoms.